The van der Waals surface area contributed by atoms with Crippen LogP contribution in [-0.2, 0) is 24.1 Å². The van der Waals surface area contributed by atoms with Crippen molar-refractivity contribution in [2.75, 3.05) is 6.54 Å². The maximum Gasteiger partial charge on any atom is 0.225 e. The van der Waals surface area contributed by atoms with E-state index in [-0.39, 0.29) is 11.8 Å². The molecule has 4 nitrogen and oxygen atoms in total. The Morgan fingerprint density at radius 1 is 1.29 bits per heavy atom. The number of amides is 1. The highest BCUT2D eigenvalue weighted by molar-refractivity contribution is 7.11. The smallest absolute Gasteiger partial charge is 0.225 e. The molecule has 1 fully saturated rings. The zero-order valence-electron chi connectivity index (χ0n) is 12.4. The average Bonchev–Trinajstić information content (AvgIpc) is 3.08. The van der Waals surface area contributed by atoms with Crippen molar-refractivity contribution in [2.24, 2.45) is 5.92 Å². The topological polar surface area (TPSA) is 62.2 Å². The molecule has 0 aromatic carbocycles. The van der Waals surface area contributed by atoms with Gasteiger partial charge in [-0.15, -0.1) is 11.3 Å². The summed E-state index contributed by atoms with van der Waals surface area (Å²) in [5.74, 6) is -0.157. The number of aromatic nitrogens is 1. The van der Waals surface area contributed by atoms with Gasteiger partial charge in [-0.2, -0.15) is 0 Å². The maximum absolute atomic E-state index is 11.9. The van der Waals surface area contributed by atoms with Crippen molar-refractivity contribution in [1.29, 1.82) is 0 Å². The SMILES string of the molecule is O=C(NCCCc1nc2c(s1)CCCC2)C1CCCC1O. The number of aliphatic hydroxyl groups is 1. The second-order valence-electron chi connectivity index (χ2n) is 6.18. The van der Waals surface area contributed by atoms with E-state index in [9.17, 15) is 9.90 Å². The van der Waals surface area contributed by atoms with E-state index in [4.69, 9.17) is 4.98 Å². The fraction of sp³-hybridized carbons (Fsp3) is 0.750. The molecule has 2 aliphatic rings. The van der Waals surface area contributed by atoms with Crippen molar-refractivity contribution < 1.29 is 9.90 Å². The molecule has 0 aliphatic heterocycles. The second-order valence-corrected chi connectivity index (χ2v) is 7.35. The molecule has 2 atom stereocenters. The Bertz CT molecular complexity index is 477. The van der Waals surface area contributed by atoms with Crippen LogP contribution in [0.15, 0.2) is 0 Å². The zero-order chi connectivity index (χ0) is 14.7. The molecule has 0 spiro atoms. The Kier molecular flexibility index (Phi) is 4.91. The second kappa shape index (κ2) is 6.88. The third-order valence-corrected chi connectivity index (χ3v) is 5.79. The summed E-state index contributed by atoms with van der Waals surface area (Å²) < 4.78 is 0. The highest BCUT2D eigenvalue weighted by Crippen LogP contribution is 2.27. The number of rotatable bonds is 5. The lowest BCUT2D eigenvalue weighted by atomic mass is 10.0. The molecule has 3 rings (SSSR count). The number of hydrogen-bond donors (Lipinski definition) is 2. The van der Waals surface area contributed by atoms with Gasteiger partial charge >= 0.3 is 0 Å². The molecular weight excluding hydrogens is 284 g/mol. The van der Waals surface area contributed by atoms with Crippen molar-refractivity contribution in [3.63, 3.8) is 0 Å². The standard InChI is InChI=1S/C16H24N2O2S/c19-13-7-3-5-11(13)16(20)17-10-4-9-15-18-12-6-1-2-8-14(12)21-15/h11,13,19H,1-10H2,(H,17,20). The van der Waals surface area contributed by atoms with Crippen LogP contribution in [0.5, 0.6) is 0 Å². The van der Waals surface area contributed by atoms with E-state index in [1.807, 2.05) is 11.3 Å². The molecule has 2 N–H and O–H groups in total. The number of hydrogen-bond acceptors (Lipinski definition) is 4. The molecule has 116 valence electrons. The van der Waals surface area contributed by atoms with Gasteiger partial charge in [0.1, 0.15) is 0 Å². The molecular formula is C16H24N2O2S. The number of nitrogens with one attached hydrogen (secondary N) is 1. The van der Waals surface area contributed by atoms with E-state index >= 15 is 0 Å². The van der Waals surface area contributed by atoms with Crippen LogP contribution in [0.1, 0.15) is 54.1 Å². The van der Waals surface area contributed by atoms with Crippen molar-refractivity contribution >= 4 is 17.2 Å². The first kappa shape index (κ1) is 15.0. The highest BCUT2D eigenvalue weighted by Gasteiger charge is 2.30. The van der Waals surface area contributed by atoms with Crippen LogP contribution in [0, 0.1) is 5.92 Å². The van der Waals surface area contributed by atoms with Gasteiger partial charge in [0.25, 0.3) is 0 Å². The highest BCUT2D eigenvalue weighted by atomic mass is 32.1. The number of aryl methyl sites for hydroxylation is 3. The Balaban J connectivity index is 1.40. The number of fused-ring (bicyclic) bond motifs is 1. The van der Waals surface area contributed by atoms with Gasteiger partial charge in [-0.1, -0.05) is 0 Å². The molecule has 1 amide bonds. The van der Waals surface area contributed by atoms with Crippen LogP contribution in [-0.4, -0.2) is 28.6 Å². The minimum absolute atomic E-state index is 0.0263. The summed E-state index contributed by atoms with van der Waals surface area (Å²) in [5, 5.41) is 13.9. The summed E-state index contributed by atoms with van der Waals surface area (Å²) in [7, 11) is 0. The molecule has 2 unspecified atom stereocenters. The predicted molar refractivity (Wildman–Crippen MR) is 83.4 cm³/mol. The third kappa shape index (κ3) is 3.64. The van der Waals surface area contributed by atoms with Crippen LogP contribution in [0.2, 0.25) is 0 Å². The quantitative estimate of drug-likeness (QED) is 0.820. The van der Waals surface area contributed by atoms with E-state index in [0.717, 1.165) is 38.5 Å². The van der Waals surface area contributed by atoms with Crippen molar-refractivity contribution in [1.82, 2.24) is 10.3 Å². The van der Waals surface area contributed by atoms with Gasteiger partial charge in [-0.05, 0) is 51.4 Å². The first-order valence-corrected chi connectivity index (χ1v) is 8.99. The van der Waals surface area contributed by atoms with E-state index in [1.165, 1.54) is 34.8 Å². The predicted octanol–water partition coefficient (Wildman–Crippen LogP) is 2.23. The number of thiazole rings is 1. The summed E-state index contributed by atoms with van der Waals surface area (Å²) in [6, 6.07) is 0. The van der Waals surface area contributed by atoms with Crippen LogP contribution >= 0.6 is 11.3 Å². The first-order valence-electron chi connectivity index (χ1n) is 8.17. The molecule has 21 heavy (non-hydrogen) atoms. The summed E-state index contributed by atoms with van der Waals surface area (Å²) in [4.78, 5) is 18.1. The fourth-order valence-corrected chi connectivity index (χ4v) is 4.54. The van der Waals surface area contributed by atoms with Gasteiger partial charge in [-0.25, -0.2) is 4.98 Å². The number of nitrogens with zero attached hydrogens (tertiary/aromatic N) is 1. The van der Waals surface area contributed by atoms with Gasteiger partial charge in [0, 0.05) is 17.8 Å². The Hall–Kier alpha value is -0.940. The number of carbonyl (C=O) groups is 1. The molecule has 0 saturated heterocycles. The Morgan fingerprint density at radius 3 is 2.90 bits per heavy atom. The van der Waals surface area contributed by atoms with E-state index in [2.05, 4.69) is 5.32 Å². The molecule has 0 bridgehead atoms. The van der Waals surface area contributed by atoms with Crippen LogP contribution in [0.4, 0.5) is 0 Å². The van der Waals surface area contributed by atoms with Gasteiger partial charge in [-0.3, -0.25) is 4.79 Å². The lowest BCUT2D eigenvalue weighted by Crippen LogP contribution is -2.35. The third-order valence-electron chi connectivity index (χ3n) is 4.57. The Labute approximate surface area is 130 Å². The van der Waals surface area contributed by atoms with Gasteiger partial charge in [0.2, 0.25) is 5.91 Å². The normalized spacial score (nSPS) is 24.8. The summed E-state index contributed by atoms with van der Waals surface area (Å²) >= 11 is 1.86. The molecule has 5 heteroatoms. The molecule has 0 radical (unpaired) electrons. The molecule has 1 aromatic rings. The minimum atomic E-state index is -0.435. The minimum Gasteiger partial charge on any atom is -0.392 e. The van der Waals surface area contributed by atoms with Gasteiger partial charge < -0.3 is 10.4 Å². The van der Waals surface area contributed by atoms with Crippen molar-refractivity contribution in [3.05, 3.63) is 15.6 Å². The van der Waals surface area contributed by atoms with E-state index in [1.54, 1.807) is 0 Å². The summed E-state index contributed by atoms with van der Waals surface area (Å²) in [6.07, 6.45) is 8.91. The zero-order valence-corrected chi connectivity index (χ0v) is 13.3. The molecule has 2 aliphatic carbocycles. The van der Waals surface area contributed by atoms with Crippen LogP contribution < -0.4 is 5.32 Å². The molecule has 1 aromatic heterocycles. The Morgan fingerprint density at radius 2 is 2.14 bits per heavy atom. The first-order chi connectivity index (χ1) is 10.2. The number of aliphatic hydroxyl groups excluding tert-OH is 1. The monoisotopic (exact) mass is 308 g/mol. The molecule has 1 heterocycles. The average molecular weight is 308 g/mol. The summed E-state index contributed by atoms with van der Waals surface area (Å²) in [5.41, 5.74) is 1.32. The van der Waals surface area contributed by atoms with Crippen molar-refractivity contribution in [2.45, 2.75) is 63.9 Å². The number of carbonyl (C=O) groups excluding carboxylic acids is 1. The van der Waals surface area contributed by atoms with E-state index in [0.29, 0.717) is 6.54 Å². The molecule has 1 saturated carbocycles. The van der Waals surface area contributed by atoms with Gasteiger partial charge in [0.05, 0.1) is 22.7 Å². The summed E-state index contributed by atoms with van der Waals surface area (Å²) in [6.45, 7) is 0.687. The van der Waals surface area contributed by atoms with Crippen LogP contribution in [0.25, 0.3) is 0 Å². The van der Waals surface area contributed by atoms with Crippen LogP contribution in [0.3, 0.4) is 0 Å². The largest absolute Gasteiger partial charge is 0.392 e. The van der Waals surface area contributed by atoms with E-state index < -0.39 is 6.10 Å². The maximum atomic E-state index is 11.9. The van der Waals surface area contributed by atoms with Crippen molar-refractivity contribution in [3.8, 4) is 0 Å². The lowest BCUT2D eigenvalue weighted by Gasteiger charge is -2.13. The fourth-order valence-electron chi connectivity index (χ4n) is 3.34. The van der Waals surface area contributed by atoms with Gasteiger partial charge in [0.15, 0.2) is 0 Å². The lowest BCUT2D eigenvalue weighted by molar-refractivity contribution is -0.127.